The van der Waals surface area contributed by atoms with E-state index in [4.69, 9.17) is 0 Å². The van der Waals surface area contributed by atoms with Crippen LogP contribution in [0.2, 0.25) is 0 Å². The van der Waals surface area contributed by atoms with Crippen LogP contribution in [-0.4, -0.2) is 0 Å². The van der Waals surface area contributed by atoms with Crippen LogP contribution in [-0.2, 0) is 21.1 Å². The fraction of sp³-hybridized carbons (Fsp3) is 0. The predicted molar refractivity (Wildman–Crippen MR) is 22.0 cm³/mol. The average Bonchev–Trinajstić information content (AvgIpc) is 1.76. The molecule has 1 rings (SSSR count). The third kappa shape index (κ3) is 1.47. The summed E-state index contributed by atoms with van der Waals surface area (Å²) in [5.74, 6) is 0. The van der Waals surface area contributed by atoms with Crippen LogP contribution in [0.4, 0.5) is 0 Å². The minimum Gasteiger partial charge on any atom is -0.214 e. The van der Waals surface area contributed by atoms with Gasteiger partial charge in [-0.25, -0.2) is 12.1 Å². The molecule has 0 amide bonds. The molecular weight excluding hydrogens is 156 g/mol. The second-order valence-corrected chi connectivity index (χ2v) is 0.962. The van der Waals surface area contributed by atoms with Gasteiger partial charge in [-0.1, -0.05) is 0 Å². The summed E-state index contributed by atoms with van der Waals surface area (Å²) in [6.45, 7) is 0. The smallest absolute Gasteiger partial charge is 0 e. The molecular formula is C5H5Mo-. The fourth-order valence-corrected chi connectivity index (χ4v) is 0.321. The summed E-state index contributed by atoms with van der Waals surface area (Å²) in [6, 6.07) is 10.0. The maximum Gasteiger partial charge on any atom is 0 e. The van der Waals surface area contributed by atoms with E-state index in [1.165, 1.54) is 0 Å². The summed E-state index contributed by atoms with van der Waals surface area (Å²) >= 11 is 0. The molecule has 6 heavy (non-hydrogen) atoms. The molecule has 0 atom stereocenters. The van der Waals surface area contributed by atoms with E-state index < -0.39 is 0 Å². The van der Waals surface area contributed by atoms with Gasteiger partial charge in [0.1, 0.15) is 0 Å². The molecule has 0 nitrogen and oxygen atoms in total. The molecule has 0 aliphatic rings. The van der Waals surface area contributed by atoms with Crippen LogP contribution in [0.3, 0.4) is 0 Å². The molecule has 0 bridgehead atoms. The summed E-state index contributed by atoms with van der Waals surface area (Å²) < 4.78 is 0. The summed E-state index contributed by atoms with van der Waals surface area (Å²) in [4.78, 5) is 0. The Balaban J connectivity index is 0.000000250. The van der Waals surface area contributed by atoms with Gasteiger partial charge in [-0.3, -0.25) is 0 Å². The molecule has 1 heteroatoms. The summed E-state index contributed by atoms with van der Waals surface area (Å²) in [5.41, 5.74) is 0. The van der Waals surface area contributed by atoms with Gasteiger partial charge in [0.25, 0.3) is 0 Å². The molecule has 0 N–H and O–H groups in total. The molecule has 0 spiro atoms. The van der Waals surface area contributed by atoms with Gasteiger partial charge in [-0.05, 0) is 0 Å². The van der Waals surface area contributed by atoms with E-state index in [0.29, 0.717) is 0 Å². The molecule has 32 valence electrons. The Bertz CT molecular complexity index is 60.4. The van der Waals surface area contributed by atoms with Crippen molar-refractivity contribution in [2.45, 2.75) is 0 Å². The molecule has 0 aliphatic heterocycles. The molecule has 0 aromatic heterocycles. The van der Waals surface area contributed by atoms with Crippen LogP contribution in [0.25, 0.3) is 0 Å². The first-order chi connectivity index (χ1) is 2.50. The first-order valence-electron chi connectivity index (χ1n) is 1.67. The van der Waals surface area contributed by atoms with Crippen molar-refractivity contribution in [2.75, 3.05) is 0 Å². The molecule has 0 saturated heterocycles. The maximum absolute atomic E-state index is 2.00. The first kappa shape index (κ1) is 6.04. The quantitative estimate of drug-likeness (QED) is 0.398. The first-order valence-corrected chi connectivity index (χ1v) is 1.67. The van der Waals surface area contributed by atoms with Crippen molar-refractivity contribution in [1.29, 1.82) is 0 Å². The van der Waals surface area contributed by atoms with E-state index in [-0.39, 0.29) is 21.1 Å². The van der Waals surface area contributed by atoms with Gasteiger partial charge < -0.3 is 0 Å². The number of rotatable bonds is 0. The van der Waals surface area contributed by atoms with Gasteiger partial charge in [-0.15, -0.1) is 0 Å². The van der Waals surface area contributed by atoms with E-state index in [1.54, 1.807) is 0 Å². The van der Waals surface area contributed by atoms with Gasteiger partial charge in [0.05, 0.1) is 0 Å². The van der Waals surface area contributed by atoms with E-state index in [9.17, 15) is 0 Å². The second-order valence-electron chi connectivity index (χ2n) is 0.962. The third-order valence-electron chi connectivity index (χ3n) is 0.556. The Kier molecular flexibility index (Phi) is 3.26. The third-order valence-corrected chi connectivity index (χ3v) is 0.556. The van der Waals surface area contributed by atoms with Crippen molar-refractivity contribution < 1.29 is 21.1 Å². The zero-order chi connectivity index (χ0) is 3.54. The van der Waals surface area contributed by atoms with Crippen molar-refractivity contribution in [3.8, 4) is 0 Å². The second kappa shape index (κ2) is 3.24. The van der Waals surface area contributed by atoms with Gasteiger partial charge >= 0.3 is 0 Å². The standard InChI is InChI=1S/C5H5.Mo/c1-2-4-5-3-1;/h1-5H;/q-1;. The Morgan fingerprint density at radius 3 is 1.67 bits per heavy atom. The van der Waals surface area contributed by atoms with Gasteiger partial charge in [0.2, 0.25) is 0 Å². The molecule has 0 unspecified atom stereocenters. The zero-order valence-corrected chi connectivity index (χ0v) is 5.30. The Hall–Kier alpha value is 0.0383. The minimum atomic E-state index is 0. The Morgan fingerprint density at radius 1 is 1.00 bits per heavy atom. The Labute approximate surface area is 51.8 Å². The van der Waals surface area contributed by atoms with Crippen LogP contribution in [0.5, 0.6) is 0 Å². The van der Waals surface area contributed by atoms with Crippen molar-refractivity contribution in [2.24, 2.45) is 0 Å². The van der Waals surface area contributed by atoms with Crippen LogP contribution in [0, 0.1) is 0 Å². The van der Waals surface area contributed by atoms with Crippen molar-refractivity contribution in [3.05, 3.63) is 30.3 Å². The SMILES string of the molecule is [Mo].c1cc[cH-]c1. The molecule has 0 fully saturated rings. The normalized spacial score (nSPS) is 6.67. The van der Waals surface area contributed by atoms with Crippen molar-refractivity contribution in [3.63, 3.8) is 0 Å². The van der Waals surface area contributed by atoms with Crippen LogP contribution in [0.1, 0.15) is 0 Å². The Morgan fingerprint density at radius 2 is 1.50 bits per heavy atom. The van der Waals surface area contributed by atoms with E-state index in [0.717, 1.165) is 0 Å². The van der Waals surface area contributed by atoms with E-state index in [2.05, 4.69) is 0 Å². The molecule has 0 saturated carbocycles. The van der Waals surface area contributed by atoms with E-state index >= 15 is 0 Å². The molecule has 1 aromatic rings. The van der Waals surface area contributed by atoms with Crippen LogP contribution < -0.4 is 0 Å². The minimum absolute atomic E-state index is 0. The zero-order valence-electron chi connectivity index (χ0n) is 3.29. The molecule has 0 aliphatic carbocycles. The molecule has 0 heterocycles. The van der Waals surface area contributed by atoms with Crippen LogP contribution >= 0.6 is 0 Å². The summed E-state index contributed by atoms with van der Waals surface area (Å²) in [6.07, 6.45) is 0. The van der Waals surface area contributed by atoms with Gasteiger partial charge in [0, 0.05) is 21.1 Å². The predicted octanol–water partition coefficient (Wildman–Crippen LogP) is 1.40. The molecule has 0 radical (unpaired) electrons. The van der Waals surface area contributed by atoms with Gasteiger partial charge in [0.15, 0.2) is 0 Å². The van der Waals surface area contributed by atoms with Gasteiger partial charge in [-0.2, -0.15) is 18.2 Å². The van der Waals surface area contributed by atoms with Crippen LogP contribution in [0.15, 0.2) is 30.3 Å². The molecule has 1 aromatic carbocycles. The maximum atomic E-state index is 2.00. The topological polar surface area (TPSA) is 0 Å². The average molecular weight is 161 g/mol. The summed E-state index contributed by atoms with van der Waals surface area (Å²) in [5, 5.41) is 0. The monoisotopic (exact) mass is 163 g/mol. The van der Waals surface area contributed by atoms with Crippen molar-refractivity contribution in [1.82, 2.24) is 0 Å². The van der Waals surface area contributed by atoms with E-state index in [1.807, 2.05) is 30.3 Å². The number of hydrogen-bond donors (Lipinski definition) is 0. The fourth-order valence-electron chi connectivity index (χ4n) is 0.321. The van der Waals surface area contributed by atoms with Crippen molar-refractivity contribution >= 4 is 0 Å². The number of hydrogen-bond acceptors (Lipinski definition) is 0. The summed E-state index contributed by atoms with van der Waals surface area (Å²) in [7, 11) is 0. The largest absolute Gasteiger partial charge is 0.214 e.